The normalized spacial score (nSPS) is 14.9. The fourth-order valence-electron chi connectivity index (χ4n) is 3.34. The number of hydrogen-bond donors (Lipinski definition) is 0. The van der Waals surface area contributed by atoms with Crippen LogP contribution >= 0.6 is 11.3 Å². The van der Waals surface area contributed by atoms with Crippen LogP contribution in [0.4, 0.5) is 0 Å². The number of thiazole rings is 1. The molecular weight excluding hydrogens is 434 g/mol. The van der Waals surface area contributed by atoms with Crippen molar-refractivity contribution in [1.82, 2.24) is 19.2 Å². The van der Waals surface area contributed by atoms with Crippen LogP contribution in [0, 0.1) is 18.3 Å². The number of aryl methyl sites for hydroxylation is 1. The van der Waals surface area contributed by atoms with Crippen molar-refractivity contribution >= 4 is 27.3 Å². The molecule has 1 aliphatic rings. The second kappa shape index (κ2) is 8.55. The molecule has 4 rings (SSSR count). The number of hydrogen-bond acceptors (Lipinski definition) is 7. The van der Waals surface area contributed by atoms with Gasteiger partial charge in [-0.2, -0.15) is 9.57 Å². The van der Waals surface area contributed by atoms with E-state index in [9.17, 15) is 13.2 Å². The largest absolute Gasteiger partial charge is 0.335 e. The van der Waals surface area contributed by atoms with Crippen LogP contribution in [-0.4, -0.2) is 59.7 Å². The molecule has 3 heterocycles. The fourth-order valence-corrected chi connectivity index (χ4v) is 5.80. The number of rotatable bonds is 4. The van der Waals surface area contributed by atoms with Gasteiger partial charge in [0.1, 0.15) is 9.88 Å². The van der Waals surface area contributed by atoms with Gasteiger partial charge >= 0.3 is 0 Å². The molecule has 0 N–H and O–H groups in total. The van der Waals surface area contributed by atoms with Crippen molar-refractivity contribution in [3.63, 3.8) is 0 Å². The van der Waals surface area contributed by atoms with Gasteiger partial charge in [0.05, 0.1) is 22.2 Å². The Hall–Kier alpha value is -3.13. The molecule has 1 saturated heterocycles. The average molecular weight is 454 g/mol. The van der Waals surface area contributed by atoms with Crippen LogP contribution in [-0.2, 0) is 10.0 Å². The monoisotopic (exact) mass is 453 g/mol. The van der Waals surface area contributed by atoms with Gasteiger partial charge in [0.25, 0.3) is 5.91 Å². The molecule has 2 aromatic heterocycles. The molecule has 31 heavy (non-hydrogen) atoms. The maximum atomic E-state index is 13.0. The predicted molar refractivity (Wildman–Crippen MR) is 116 cm³/mol. The summed E-state index contributed by atoms with van der Waals surface area (Å²) in [7, 11) is -3.67. The summed E-state index contributed by atoms with van der Waals surface area (Å²) in [6.07, 6.45) is 3.36. The number of amides is 1. The highest BCUT2D eigenvalue weighted by molar-refractivity contribution is 7.89. The number of carbonyl (C=O) groups is 1. The molecule has 1 aliphatic heterocycles. The molecule has 0 aliphatic carbocycles. The van der Waals surface area contributed by atoms with E-state index in [2.05, 4.69) is 9.97 Å². The quantitative estimate of drug-likeness (QED) is 0.601. The molecule has 1 aromatic carbocycles. The maximum absolute atomic E-state index is 13.0. The summed E-state index contributed by atoms with van der Waals surface area (Å²) in [4.78, 5) is 23.9. The predicted octanol–water partition coefficient (Wildman–Crippen LogP) is 2.53. The average Bonchev–Trinajstić information content (AvgIpc) is 3.21. The molecule has 158 valence electrons. The van der Waals surface area contributed by atoms with Gasteiger partial charge in [-0.1, -0.05) is 0 Å². The second-order valence-electron chi connectivity index (χ2n) is 7.00. The van der Waals surface area contributed by atoms with Crippen molar-refractivity contribution in [2.75, 3.05) is 26.2 Å². The SMILES string of the molecule is Cc1nc(-c2ccncc2)sc1C(=O)N1CCN(S(=O)(=O)c2ccc(C#N)cc2)CC1. The Labute approximate surface area is 184 Å². The molecule has 3 aromatic rings. The summed E-state index contributed by atoms with van der Waals surface area (Å²) >= 11 is 1.33. The number of aromatic nitrogens is 2. The van der Waals surface area contributed by atoms with Crippen LogP contribution in [0.2, 0.25) is 0 Å². The van der Waals surface area contributed by atoms with Crippen LogP contribution in [0.25, 0.3) is 10.6 Å². The minimum atomic E-state index is -3.67. The molecule has 0 bridgehead atoms. The van der Waals surface area contributed by atoms with Gasteiger partial charge in [-0.3, -0.25) is 9.78 Å². The number of benzene rings is 1. The first kappa shape index (κ1) is 21.1. The van der Waals surface area contributed by atoms with Crippen molar-refractivity contribution in [3.8, 4) is 16.6 Å². The van der Waals surface area contributed by atoms with Crippen molar-refractivity contribution in [2.45, 2.75) is 11.8 Å². The molecule has 8 nitrogen and oxygen atoms in total. The molecular formula is C21H19N5O3S2. The number of sulfonamides is 1. The van der Waals surface area contributed by atoms with E-state index in [4.69, 9.17) is 5.26 Å². The lowest BCUT2D eigenvalue weighted by atomic mass is 10.2. The zero-order valence-corrected chi connectivity index (χ0v) is 18.4. The third-order valence-corrected chi connectivity index (χ3v) is 8.17. The first-order chi connectivity index (χ1) is 14.9. The first-order valence-corrected chi connectivity index (χ1v) is 11.8. The lowest BCUT2D eigenvalue weighted by Crippen LogP contribution is -2.50. The number of carbonyl (C=O) groups excluding carboxylic acids is 1. The Morgan fingerprint density at radius 2 is 1.71 bits per heavy atom. The molecule has 0 unspecified atom stereocenters. The summed E-state index contributed by atoms with van der Waals surface area (Å²) < 4.78 is 27.1. The van der Waals surface area contributed by atoms with E-state index in [1.54, 1.807) is 24.2 Å². The van der Waals surface area contributed by atoms with Crippen molar-refractivity contribution < 1.29 is 13.2 Å². The zero-order chi connectivity index (χ0) is 22.0. The lowest BCUT2D eigenvalue weighted by Gasteiger charge is -2.33. The third-order valence-electron chi connectivity index (χ3n) is 5.07. The molecule has 0 radical (unpaired) electrons. The van der Waals surface area contributed by atoms with E-state index in [0.717, 1.165) is 10.6 Å². The second-order valence-corrected chi connectivity index (χ2v) is 9.94. The van der Waals surface area contributed by atoms with Gasteiger partial charge < -0.3 is 4.90 Å². The standard InChI is InChI=1S/C21H19N5O3S2/c1-15-19(30-20(24-15)17-6-8-23-9-7-17)21(27)25-10-12-26(13-11-25)31(28,29)18-4-2-16(14-22)3-5-18/h2-9H,10-13H2,1H3. The van der Waals surface area contributed by atoms with E-state index in [-0.39, 0.29) is 23.9 Å². The zero-order valence-electron chi connectivity index (χ0n) is 16.7. The number of nitrogens with zero attached hydrogens (tertiary/aromatic N) is 5. The molecule has 0 saturated carbocycles. The van der Waals surface area contributed by atoms with Gasteiger partial charge in [0.2, 0.25) is 10.0 Å². The smallest absolute Gasteiger partial charge is 0.265 e. The Bertz CT molecular complexity index is 1240. The molecule has 10 heteroatoms. The van der Waals surface area contributed by atoms with E-state index in [0.29, 0.717) is 29.2 Å². The fraction of sp³-hybridized carbons (Fsp3) is 0.238. The first-order valence-electron chi connectivity index (χ1n) is 9.57. The Morgan fingerprint density at radius 3 is 2.32 bits per heavy atom. The summed E-state index contributed by atoms with van der Waals surface area (Å²) in [5.74, 6) is -0.134. The van der Waals surface area contributed by atoms with Crippen LogP contribution in [0.3, 0.4) is 0 Å². The highest BCUT2D eigenvalue weighted by atomic mass is 32.2. The van der Waals surface area contributed by atoms with Crippen molar-refractivity contribution in [3.05, 3.63) is 64.9 Å². The maximum Gasteiger partial charge on any atom is 0.265 e. The van der Waals surface area contributed by atoms with Crippen LogP contribution in [0.15, 0.2) is 53.7 Å². The van der Waals surface area contributed by atoms with Gasteiger partial charge in [-0.15, -0.1) is 11.3 Å². The summed E-state index contributed by atoms with van der Waals surface area (Å²) in [6.45, 7) is 2.83. The molecule has 1 amide bonds. The van der Waals surface area contributed by atoms with E-state index in [1.165, 1.54) is 39.9 Å². The van der Waals surface area contributed by atoms with Crippen LogP contribution < -0.4 is 0 Å². The van der Waals surface area contributed by atoms with Crippen molar-refractivity contribution in [1.29, 1.82) is 5.26 Å². The topological polar surface area (TPSA) is 107 Å². The summed E-state index contributed by atoms with van der Waals surface area (Å²) in [6, 6.07) is 11.5. The van der Waals surface area contributed by atoms with Gasteiger partial charge in [-0.25, -0.2) is 13.4 Å². The molecule has 0 spiro atoms. The Kier molecular flexibility index (Phi) is 5.82. The number of pyridine rings is 1. The number of piperazine rings is 1. The third kappa shape index (κ3) is 4.20. The minimum Gasteiger partial charge on any atom is -0.335 e. The summed E-state index contributed by atoms with van der Waals surface area (Å²) in [5.41, 5.74) is 1.97. The van der Waals surface area contributed by atoms with Crippen LogP contribution in [0.1, 0.15) is 20.9 Å². The highest BCUT2D eigenvalue weighted by Gasteiger charge is 2.31. The van der Waals surface area contributed by atoms with Crippen LogP contribution in [0.5, 0.6) is 0 Å². The highest BCUT2D eigenvalue weighted by Crippen LogP contribution is 2.29. The molecule has 1 fully saturated rings. The number of nitriles is 1. The van der Waals surface area contributed by atoms with Gasteiger partial charge in [0.15, 0.2) is 0 Å². The van der Waals surface area contributed by atoms with Gasteiger partial charge in [-0.05, 0) is 43.3 Å². The van der Waals surface area contributed by atoms with Gasteiger partial charge in [0, 0.05) is 44.1 Å². The van der Waals surface area contributed by atoms with E-state index >= 15 is 0 Å². The van der Waals surface area contributed by atoms with Crippen molar-refractivity contribution in [2.24, 2.45) is 0 Å². The lowest BCUT2D eigenvalue weighted by molar-refractivity contribution is 0.0702. The summed E-state index contributed by atoms with van der Waals surface area (Å²) in [5, 5.41) is 9.64. The Balaban J connectivity index is 1.46. The van der Waals surface area contributed by atoms with E-state index < -0.39 is 10.0 Å². The molecule has 0 atom stereocenters. The van der Waals surface area contributed by atoms with E-state index in [1.807, 2.05) is 18.2 Å². The minimum absolute atomic E-state index is 0.134. The Morgan fingerprint density at radius 1 is 1.06 bits per heavy atom.